The van der Waals surface area contributed by atoms with Crippen LogP contribution in [0.2, 0.25) is 0 Å². The zero-order chi connectivity index (χ0) is 15.3. The van der Waals surface area contributed by atoms with Crippen molar-refractivity contribution in [2.75, 3.05) is 12.4 Å². The predicted molar refractivity (Wildman–Crippen MR) is 76.0 cm³/mol. The number of carboxylic acids is 1. The summed E-state index contributed by atoms with van der Waals surface area (Å²) < 4.78 is 5.02. The van der Waals surface area contributed by atoms with Gasteiger partial charge >= 0.3 is 5.97 Å². The summed E-state index contributed by atoms with van der Waals surface area (Å²) in [5, 5.41) is 11.7. The molecule has 0 saturated carbocycles. The van der Waals surface area contributed by atoms with E-state index in [1.54, 1.807) is 0 Å². The minimum atomic E-state index is -1.12. The summed E-state index contributed by atoms with van der Waals surface area (Å²) in [7, 11) is 1.46. The van der Waals surface area contributed by atoms with Crippen LogP contribution in [-0.4, -0.2) is 30.1 Å². The van der Waals surface area contributed by atoms with Crippen LogP contribution in [0, 0.1) is 5.92 Å². The molecular formula is C14H20N2O4. The van der Waals surface area contributed by atoms with Crippen LogP contribution in [0.5, 0.6) is 5.75 Å². The van der Waals surface area contributed by atoms with Gasteiger partial charge in [0, 0.05) is 6.07 Å². The van der Waals surface area contributed by atoms with Crippen molar-refractivity contribution in [3.05, 3.63) is 23.8 Å². The Morgan fingerprint density at radius 2 is 2.10 bits per heavy atom. The average molecular weight is 280 g/mol. The zero-order valence-corrected chi connectivity index (χ0v) is 11.8. The molecule has 6 nitrogen and oxygen atoms in total. The number of carboxylic acid groups (broad SMARTS) is 1. The highest BCUT2D eigenvalue weighted by molar-refractivity contribution is 6.02. The first-order valence-electron chi connectivity index (χ1n) is 6.38. The van der Waals surface area contributed by atoms with Crippen molar-refractivity contribution in [1.82, 2.24) is 0 Å². The molecule has 0 fully saturated rings. The lowest BCUT2D eigenvalue weighted by Crippen LogP contribution is -2.40. The zero-order valence-electron chi connectivity index (χ0n) is 11.8. The number of ether oxygens (including phenoxy) is 1. The number of amides is 1. The Morgan fingerprint density at radius 3 is 2.60 bits per heavy atom. The highest BCUT2D eigenvalue weighted by atomic mass is 16.5. The Labute approximate surface area is 117 Å². The van der Waals surface area contributed by atoms with Crippen molar-refractivity contribution in [2.24, 2.45) is 11.7 Å². The van der Waals surface area contributed by atoms with Crippen molar-refractivity contribution < 1.29 is 19.4 Å². The highest BCUT2D eigenvalue weighted by Gasteiger charge is 2.21. The molecule has 0 radical (unpaired) electrons. The molecule has 1 aromatic carbocycles. The lowest BCUT2D eigenvalue weighted by Gasteiger charge is -2.18. The van der Waals surface area contributed by atoms with Crippen molar-refractivity contribution in [3.63, 3.8) is 0 Å². The van der Waals surface area contributed by atoms with Gasteiger partial charge in [0.15, 0.2) is 0 Å². The van der Waals surface area contributed by atoms with E-state index in [2.05, 4.69) is 5.32 Å². The molecule has 1 aromatic rings. The smallest absolute Gasteiger partial charge is 0.337 e. The molecule has 6 heteroatoms. The molecule has 0 aromatic heterocycles. The molecule has 1 amide bonds. The van der Waals surface area contributed by atoms with E-state index in [1.165, 1.54) is 25.3 Å². The van der Waals surface area contributed by atoms with E-state index >= 15 is 0 Å². The molecule has 20 heavy (non-hydrogen) atoms. The van der Waals surface area contributed by atoms with Crippen LogP contribution in [0.3, 0.4) is 0 Å². The number of hydrogen-bond donors (Lipinski definition) is 3. The van der Waals surface area contributed by atoms with Gasteiger partial charge in [0.05, 0.1) is 24.4 Å². The van der Waals surface area contributed by atoms with Gasteiger partial charge in [-0.2, -0.15) is 0 Å². The molecule has 4 N–H and O–H groups in total. The normalized spacial score (nSPS) is 13.4. The second-order valence-electron chi connectivity index (χ2n) is 4.62. The SMILES string of the molecule is CC[C@H](C)[C@H](N)C(=O)Nc1cc(OC)ccc1C(=O)O. The number of nitrogens with one attached hydrogen (secondary N) is 1. The van der Waals surface area contributed by atoms with Crippen LogP contribution in [0.15, 0.2) is 18.2 Å². The maximum atomic E-state index is 12.0. The molecule has 0 aliphatic carbocycles. The fraction of sp³-hybridized carbons (Fsp3) is 0.429. The number of anilines is 1. The van der Waals surface area contributed by atoms with Gasteiger partial charge in [0.2, 0.25) is 5.91 Å². The average Bonchev–Trinajstić information content (AvgIpc) is 2.44. The van der Waals surface area contributed by atoms with Gasteiger partial charge < -0.3 is 20.9 Å². The Hall–Kier alpha value is -2.08. The van der Waals surface area contributed by atoms with Gasteiger partial charge in [-0.25, -0.2) is 4.79 Å². The maximum absolute atomic E-state index is 12.0. The number of hydrogen-bond acceptors (Lipinski definition) is 4. The summed E-state index contributed by atoms with van der Waals surface area (Å²) in [6, 6.07) is 3.68. The Bertz CT molecular complexity index is 502. The van der Waals surface area contributed by atoms with Crippen LogP contribution in [-0.2, 0) is 4.79 Å². The lowest BCUT2D eigenvalue weighted by molar-refractivity contribution is -0.118. The first-order valence-corrected chi connectivity index (χ1v) is 6.38. The Kier molecular flexibility index (Phi) is 5.52. The number of nitrogens with two attached hydrogens (primary N) is 1. The third-order valence-corrected chi connectivity index (χ3v) is 3.27. The number of methoxy groups -OCH3 is 1. The van der Waals surface area contributed by atoms with Gasteiger partial charge in [-0.1, -0.05) is 20.3 Å². The second kappa shape index (κ2) is 6.91. The minimum Gasteiger partial charge on any atom is -0.497 e. The van der Waals surface area contributed by atoms with Gasteiger partial charge in [-0.05, 0) is 18.1 Å². The molecule has 0 unspecified atom stereocenters. The number of carbonyl (C=O) groups is 2. The topological polar surface area (TPSA) is 102 Å². The van der Waals surface area contributed by atoms with E-state index in [-0.39, 0.29) is 17.2 Å². The summed E-state index contributed by atoms with van der Waals surface area (Å²) in [5.41, 5.74) is 6.00. The fourth-order valence-electron chi connectivity index (χ4n) is 1.67. The lowest BCUT2D eigenvalue weighted by atomic mass is 9.99. The molecule has 0 aliphatic heterocycles. The number of rotatable bonds is 6. The largest absolute Gasteiger partial charge is 0.497 e. The van der Waals surface area contributed by atoms with E-state index < -0.39 is 17.9 Å². The quantitative estimate of drug-likeness (QED) is 0.736. The number of benzene rings is 1. The van der Waals surface area contributed by atoms with E-state index in [1.807, 2.05) is 13.8 Å². The molecule has 0 spiro atoms. The summed E-state index contributed by atoms with van der Waals surface area (Å²) in [4.78, 5) is 23.2. The maximum Gasteiger partial charge on any atom is 0.337 e. The van der Waals surface area contributed by atoms with Crippen molar-refractivity contribution in [3.8, 4) is 5.75 Å². The molecule has 0 saturated heterocycles. The fourth-order valence-corrected chi connectivity index (χ4v) is 1.67. The van der Waals surface area contributed by atoms with Crippen LogP contribution in [0.25, 0.3) is 0 Å². The van der Waals surface area contributed by atoms with Gasteiger partial charge in [-0.15, -0.1) is 0 Å². The molecule has 2 atom stereocenters. The predicted octanol–water partition coefficient (Wildman–Crippen LogP) is 1.71. The molecule has 1 rings (SSSR count). The first kappa shape index (κ1) is 16.0. The van der Waals surface area contributed by atoms with E-state index in [4.69, 9.17) is 15.6 Å². The monoisotopic (exact) mass is 280 g/mol. The third-order valence-electron chi connectivity index (χ3n) is 3.27. The van der Waals surface area contributed by atoms with Gasteiger partial charge in [0.1, 0.15) is 5.75 Å². The summed E-state index contributed by atoms with van der Waals surface area (Å²) in [5.74, 6) is -1.06. The molecule has 0 aliphatic rings. The molecular weight excluding hydrogens is 260 g/mol. The Morgan fingerprint density at radius 1 is 1.45 bits per heavy atom. The number of aromatic carboxylic acids is 1. The van der Waals surface area contributed by atoms with Crippen LogP contribution >= 0.6 is 0 Å². The summed E-state index contributed by atoms with van der Waals surface area (Å²) in [6.07, 6.45) is 0.762. The van der Waals surface area contributed by atoms with Crippen LogP contribution in [0.1, 0.15) is 30.6 Å². The number of carbonyl (C=O) groups excluding carboxylic acids is 1. The Balaban J connectivity index is 3.00. The molecule has 0 bridgehead atoms. The standard InChI is InChI=1S/C14H20N2O4/c1-4-8(2)12(15)13(17)16-11-7-9(20-3)5-6-10(11)14(18)19/h5-8,12H,4,15H2,1-3H3,(H,16,17)(H,18,19)/t8-,12-/m0/s1. The first-order chi connectivity index (χ1) is 9.40. The third kappa shape index (κ3) is 3.71. The molecule has 110 valence electrons. The second-order valence-corrected chi connectivity index (χ2v) is 4.62. The van der Waals surface area contributed by atoms with Crippen molar-refractivity contribution >= 4 is 17.6 Å². The summed E-state index contributed by atoms with van der Waals surface area (Å²) >= 11 is 0. The van der Waals surface area contributed by atoms with Crippen LogP contribution in [0.4, 0.5) is 5.69 Å². The van der Waals surface area contributed by atoms with Crippen LogP contribution < -0.4 is 15.8 Å². The van der Waals surface area contributed by atoms with Crippen molar-refractivity contribution in [1.29, 1.82) is 0 Å². The van der Waals surface area contributed by atoms with E-state index in [0.29, 0.717) is 5.75 Å². The van der Waals surface area contributed by atoms with Crippen molar-refractivity contribution in [2.45, 2.75) is 26.3 Å². The van der Waals surface area contributed by atoms with Gasteiger partial charge in [0.25, 0.3) is 0 Å². The van der Waals surface area contributed by atoms with E-state index in [9.17, 15) is 9.59 Å². The molecule has 0 heterocycles. The van der Waals surface area contributed by atoms with E-state index in [0.717, 1.165) is 6.42 Å². The highest BCUT2D eigenvalue weighted by Crippen LogP contribution is 2.23. The summed E-state index contributed by atoms with van der Waals surface area (Å²) in [6.45, 7) is 3.81. The van der Waals surface area contributed by atoms with Gasteiger partial charge in [-0.3, -0.25) is 4.79 Å². The minimum absolute atomic E-state index is 0.00417.